The van der Waals surface area contributed by atoms with E-state index in [1.807, 2.05) is 7.05 Å². The molecular weight excluding hydrogens is 354 g/mol. The fourth-order valence-corrected chi connectivity index (χ4v) is 3.88. The summed E-state index contributed by atoms with van der Waals surface area (Å²) in [6.07, 6.45) is 5.46. The predicted octanol–water partition coefficient (Wildman–Crippen LogP) is 3.11. The molecule has 3 rings (SSSR count). The number of aryl methyl sites for hydroxylation is 1. The molecule has 144 valence electrons. The molecule has 2 heterocycles. The van der Waals surface area contributed by atoms with Crippen molar-refractivity contribution in [2.24, 2.45) is 4.99 Å². The van der Waals surface area contributed by atoms with E-state index >= 15 is 0 Å². The van der Waals surface area contributed by atoms with Gasteiger partial charge in [0.1, 0.15) is 0 Å². The zero-order valence-corrected chi connectivity index (χ0v) is 17.1. The first-order chi connectivity index (χ1) is 13.3. The maximum absolute atomic E-state index is 4.62. The second-order valence-electron chi connectivity index (χ2n) is 6.59. The number of nitrogens with zero attached hydrogens (tertiary/aromatic N) is 4. The summed E-state index contributed by atoms with van der Waals surface area (Å²) >= 11 is 1.73. The molecule has 27 heavy (non-hydrogen) atoms. The van der Waals surface area contributed by atoms with Gasteiger partial charge in [0, 0.05) is 45.2 Å². The first kappa shape index (κ1) is 19.6. The van der Waals surface area contributed by atoms with Crippen LogP contribution >= 0.6 is 11.3 Å². The van der Waals surface area contributed by atoms with Gasteiger partial charge in [-0.25, -0.2) is 4.98 Å². The minimum atomic E-state index is 0.739. The van der Waals surface area contributed by atoms with Crippen molar-refractivity contribution in [3.05, 3.63) is 58.1 Å². The Balaban J connectivity index is 1.42. The molecule has 1 saturated heterocycles. The Labute approximate surface area is 166 Å². The largest absolute Gasteiger partial charge is 0.351 e. The van der Waals surface area contributed by atoms with E-state index in [0.717, 1.165) is 57.3 Å². The lowest BCUT2D eigenvalue weighted by atomic mass is 10.2. The van der Waals surface area contributed by atoms with Crippen LogP contribution in [-0.2, 0) is 13.0 Å². The molecule has 0 spiro atoms. The molecule has 0 atom stereocenters. The van der Waals surface area contributed by atoms with Crippen LogP contribution in [0.3, 0.4) is 0 Å². The van der Waals surface area contributed by atoms with E-state index in [1.54, 1.807) is 11.3 Å². The fourth-order valence-electron chi connectivity index (χ4n) is 3.14. The zero-order chi connectivity index (χ0) is 18.9. The van der Waals surface area contributed by atoms with Crippen LogP contribution in [-0.4, -0.2) is 60.5 Å². The number of benzene rings is 1. The second-order valence-corrected chi connectivity index (χ2v) is 7.53. The van der Waals surface area contributed by atoms with E-state index in [2.05, 4.69) is 79.9 Å². The lowest BCUT2D eigenvalue weighted by molar-refractivity contribution is 0.194. The van der Waals surface area contributed by atoms with E-state index < -0.39 is 0 Å². The van der Waals surface area contributed by atoms with Crippen LogP contribution in [0.5, 0.6) is 0 Å². The molecule has 1 aromatic carbocycles. The topological polar surface area (TPSA) is 43.8 Å². The van der Waals surface area contributed by atoms with Crippen molar-refractivity contribution >= 4 is 23.4 Å². The zero-order valence-electron chi connectivity index (χ0n) is 16.3. The molecule has 1 aromatic heterocycles. The van der Waals surface area contributed by atoms with Crippen molar-refractivity contribution in [1.29, 1.82) is 0 Å². The highest BCUT2D eigenvalue weighted by molar-refractivity contribution is 7.09. The molecule has 5 nitrogen and oxygen atoms in total. The molecule has 0 aliphatic carbocycles. The maximum Gasteiger partial charge on any atom is 0.194 e. The summed E-state index contributed by atoms with van der Waals surface area (Å²) < 4.78 is 0. The fraction of sp³-hybridized carbons (Fsp3) is 0.429. The summed E-state index contributed by atoms with van der Waals surface area (Å²) in [5.41, 5.74) is 2.36. The monoisotopic (exact) mass is 383 g/mol. The van der Waals surface area contributed by atoms with Crippen molar-refractivity contribution in [2.75, 3.05) is 39.8 Å². The van der Waals surface area contributed by atoms with Gasteiger partial charge >= 0.3 is 0 Å². The molecular formula is C21H29N5S. The number of nitrogens with one attached hydrogen (secondary N) is 1. The van der Waals surface area contributed by atoms with Crippen LogP contribution in [0.15, 0.2) is 46.8 Å². The van der Waals surface area contributed by atoms with Gasteiger partial charge in [-0.3, -0.25) is 9.89 Å². The minimum Gasteiger partial charge on any atom is -0.351 e. The highest BCUT2D eigenvalue weighted by Gasteiger charge is 2.18. The Morgan fingerprint density at radius 3 is 2.67 bits per heavy atom. The van der Waals surface area contributed by atoms with Crippen LogP contribution in [0.4, 0.5) is 0 Å². The standard InChI is InChI=1S/C21H29N5S/c1-3-20-24-19(17-27-20)16-23-21(22-2)26-14-12-25(13-15-26)11-7-10-18-8-5-4-6-9-18/h4-10,17H,3,11-16H2,1-2H3,(H,22,23)/b10-7+. The van der Waals surface area contributed by atoms with Gasteiger partial charge in [0.15, 0.2) is 5.96 Å². The Bertz CT molecular complexity index is 745. The summed E-state index contributed by atoms with van der Waals surface area (Å²) in [5.74, 6) is 0.973. The number of guanidine groups is 1. The molecule has 0 saturated carbocycles. The van der Waals surface area contributed by atoms with Crippen LogP contribution in [0.25, 0.3) is 6.08 Å². The molecule has 1 aliphatic rings. The molecule has 0 amide bonds. The Hall–Kier alpha value is -2.18. The van der Waals surface area contributed by atoms with E-state index in [9.17, 15) is 0 Å². The van der Waals surface area contributed by atoms with Crippen LogP contribution in [0.2, 0.25) is 0 Å². The quantitative estimate of drug-likeness (QED) is 0.615. The number of rotatable bonds is 6. The maximum atomic E-state index is 4.62. The number of hydrogen-bond donors (Lipinski definition) is 1. The van der Waals surface area contributed by atoms with Crippen LogP contribution in [0.1, 0.15) is 23.2 Å². The Morgan fingerprint density at radius 1 is 1.22 bits per heavy atom. The first-order valence-corrected chi connectivity index (χ1v) is 10.5. The molecule has 0 bridgehead atoms. The van der Waals surface area contributed by atoms with Crippen molar-refractivity contribution in [1.82, 2.24) is 20.1 Å². The van der Waals surface area contributed by atoms with Crippen LogP contribution < -0.4 is 5.32 Å². The van der Waals surface area contributed by atoms with E-state index in [1.165, 1.54) is 10.6 Å². The predicted molar refractivity (Wildman–Crippen MR) is 115 cm³/mol. The Morgan fingerprint density at radius 2 is 2.00 bits per heavy atom. The third kappa shape index (κ3) is 5.91. The van der Waals surface area contributed by atoms with E-state index in [4.69, 9.17) is 0 Å². The van der Waals surface area contributed by atoms with Crippen molar-refractivity contribution < 1.29 is 0 Å². The number of aromatic nitrogens is 1. The van der Waals surface area contributed by atoms with Crippen molar-refractivity contribution in [2.45, 2.75) is 19.9 Å². The molecule has 1 aliphatic heterocycles. The Kier molecular flexibility index (Phi) is 7.42. The second kappa shape index (κ2) is 10.2. The first-order valence-electron chi connectivity index (χ1n) is 9.61. The lowest BCUT2D eigenvalue weighted by Gasteiger charge is -2.36. The molecule has 0 unspecified atom stereocenters. The number of hydrogen-bond acceptors (Lipinski definition) is 4. The lowest BCUT2D eigenvalue weighted by Crippen LogP contribution is -2.52. The smallest absolute Gasteiger partial charge is 0.194 e. The summed E-state index contributed by atoms with van der Waals surface area (Å²) in [4.78, 5) is 13.9. The highest BCUT2D eigenvalue weighted by Crippen LogP contribution is 2.10. The van der Waals surface area contributed by atoms with Gasteiger partial charge in [-0.05, 0) is 12.0 Å². The minimum absolute atomic E-state index is 0.739. The third-order valence-electron chi connectivity index (χ3n) is 4.69. The normalized spacial score (nSPS) is 16.2. The molecule has 1 fully saturated rings. The van der Waals surface area contributed by atoms with Crippen molar-refractivity contribution in [3.63, 3.8) is 0 Å². The number of piperazine rings is 1. The van der Waals surface area contributed by atoms with E-state index in [0.29, 0.717) is 0 Å². The highest BCUT2D eigenvalue weighted by atomic mass is 32.1. The number of aliphatic imine (C=N–C) groups is 1. The summed E-state index contributed by atoms with van der Waals surface area (Å²) in [6, 6.07) is 10.5. The van der Waals surface area contributed by atoms with Gasteiger partial charge in [0.25, 0.3) is 0 Å². The average Bonchev–Trinajstić information content (AvgIpc) is 3.18. The SMILES string of the molecule is CCc1nc(CNC(=NC)N2CCN(C/C=C/c3ccccc3)CC2)cs1. The average molecular weight is 384 g/mol. The summed E-state index contributed by atoms with van der Waals surface area (Å²) in [6.45, 7) is 7.97. The third-order valence-corrected chi connectivity index (χ3v) is 5.73. The van der Waals surface area contributed by atoms with Crippen molar-refractivity contribution in [3.8, 4) is 0 Å². The van der Waals surface area contributed by atoms with Gasteiger partial charge < -0.3 is 10.2 Å². The molecule has 2 aromatic rings. The van der Waals surface area contributed by atoms with Gasteiger partial charge in [0.2, 0.25) is 0 Å². The van der Waals surface area contributed by atoms with Gasteiger partial charge in [-0.15, -0.1) is 11.3 Å². The van der Waals surface area contributed by atoms with Gasteiger partial charge in [0.05, 0.1) is 17.2 Å². The van der Waals surface area contributed by atoms with E-state index in [-0.39, 0.29) is 0 Å². The summed E-state index contributed by atoms with van der Waals surface area (Å²) in [7, 11) is 1.86. The number of thiazole rings is 1. The molecule has 1 N–H and O–H groups in total. The summed E-state index contributed by atoms with van der Waals surface area (Å²) in [5, 5.41) is 6.79. The molecule has 0 radical (unpaired) electrons. The van der Waals surface area contributed by atoms with Crippen LogP contribution in [0, 0.1) is 0 Å². The van der Waals surface area contributed by atoms with Gasteiger partial charge in [-0.1, -0.05) is 49.4 Å². The molecule has 6 heteroatoms. The van der Waals surface area contributed by atoms with Gasteiger partial charge in [-0.2, -0.15) is 0 Å².